The number of halogens is 1. The van der Waals surface area contributed by atoms with E-state index in [2.05, 4.69) is 36.4 Å². The highest BCUT2D eigenvalue weighted by Crippen LogP contribution is 2.24. The molecule has 0 amide bonds. The van der Waals surface area contributed by atoms with Gasteiger partial charge < -0.3 is 9.47 Å². The molecule has 0 heterocycles. The van der Waals surface area contributed by atoms with Crippen molar-refractivity contribution in [3.63, 3.8) is 0 Å². The maximum atomic E-state index is 14.1. The molecule has 2 aromatic carbocycles. The van der Waals surface area contributed by atoms with Crippen LogP contribution in [0.4, 0.5) is 4.39 Å². The fraction of sp³-hybridized carbons (Fsp3) is 0.238. The molecule has 2 aromatic rings. The summed E-state index contributed by atoms with van der Waals surface area (Å²) < 4.78 is 24.8. The molecule has 0 radical (unpaired) electrons. The molecule has 130 valence electrons. The number of hydrogen-bond donors (Lipinski definition) is 0. The number of benzene rings is 2. The van der Waals surface area contributed by atoms with Gasteiger partial charge in [-0.25, -0.2) is 4.39 Å². The number of allylic oxidation sites excluding steroid dienone is 4. The third kappa shape index (κ3) is 5.01. The Balaban J connectivity index is 1.83. The third-order valence-electron chi connectivity index (χ3n) is 4.09. The van der Waals surface area contributed by atoms with Crippen molar-refractivity contribution in [3.05, 3.63) is 78.1 Å². The molecular weight excluding hydrogens is 334 g/mol. The highest BCUT2D eigenvalue weighted by molar-refractivity contribution is 7.55. The van der Waals surface area contributed by atoms with Gasteiger partial charge in [-0.05, 0) is 42.5 Å². The smallest absolute Gasteiger partial charge is 0.188 e. The molecule has 1 aliphatic rings. The van der Waals surface area contributed by atoms with Crippen LogP contribution in [0.3, 0.4) is 0 Å². The minimum absolute atomic E-state index is 0.177. The molecule has 0 saturated heterocycles. The average Bonchev–Trinajstić information content (AvgIpc) is 2.64. The van der Waals surface area contributed by atoms with Crippen LogP contribution in [0.5, 0.6) is 5.75 Å². The predicted molar refractivity (Wildman–Crippen MR) is 103 cm³/mol. The van der Waals surface area contributed by atoms with Crippen LogP contribution in [-0.4, -0.2) is 13.9 Å². The molecule has 0 aromatic heterocycles. The maximum absolute atomic E-state index is 14.1. The molecule has 2 unspecified atom stereocenters. The minimum atomic E-state index is -0.177. The van der Waals surface area contributed by atoms with E-state index in [1.807, 2.05) is 18.2 Å². The van der Waals surface area contributed by atoms with Gasteiger partial charge in [-0.15, -0.1) is 0 Å². The van der Waals surface area contributed by atoms with Crippen molar-refractivity contribution in [2.75, 3.05) is 13.9 Å². The summed E-state index contributed by atoms with van der Waals surface area (Å²) in [6, 6.07) is 13.1. The minimum Gasteiger partial charge on any atom is -0.467 e. The second-order valence-corrected chi connectivity index (χ2v) is 7.33. The van der Waals surface area contributed by atoms with Gasteiger partial charge in [0.1, 0.15) is 11.6 Å². The van der Waals surface area contributed by atoms with Crippen molar-refractivity contribution in [3.8, 4) is 5.75 Å². The summed E-state index contributed by atoms with van der Waals surface area (Å²) in [4.78, 5) is 0. The van der Waals surface area contributed by atoms with E-state index in [1.165, 1.54) is 11.6 Å². The van der Waals surface area contributed by atoms with Gasteiger partial charge >= 0.3 is 0 Å². The van der Waals surface area contributed by atoms with E-state index in [0.717, 1.165) is 23.9 Å². The second-order valence-electron chi connectivity index (χ2n) is 6.00. The van der Waals surface area contributed by atoms with Gasteiger partial charge in [-0.2, -0.15) is 0 Å². The molecule has 0 aliphatic heterocycles. The number of hydrogen-bond acceptors (Lipinski definition) is 2. The van der Waals surface area contributed by atoms with Crippen LogP contribution < -0.4 is 15.3 Å². The largest absolute Gasteiger partial charge is 0.467 e. The van der Waals surface area contributed by atoms with Crippen molar-refractivity contribution in [1.82, 2.24) is 0 Å². The summed E-state index contributed by atoms with van der Waals surface area (Å²) in [5, 5.41) is 1.71. The molecule has 0 saturated carbocycles. The lowest BCUT2D eigenvalue weighted by Gasteiger charge is -2.16. The van der Waals surface area contributed by atoms with Crippen molar-refractivity contribution in [2.24, 2.45) is 5.92 Å². The Labute approximate surface area is 150 Å². The monoisotopic (exact) mass is 356 g/mol. The van der Waals surface area contributed by atoms with Gasteiger partial charge in [-0.3, -0.25) is 0 Å². The highest BCUT2D eigenvalue weighted by Gasteiger charge is 2.12. The standard InChI is InChI=1S/C21H22FO2P/c1-23-15-24-19-12-11-17(13-16-7-3-2-4-8-16)14-21(19)25-20-10-6-5-9-18(20)22/h2-7,9-12,14,16,25H,8,13,15H2,1H3. The van der Waals surface area contributed by atoms with Crippen LogP contribution in [0.1, 0.15) is 12.0 Å². The molecule has 3 rings (SSSR count). The number of ether oxygens (including phenoxy) is 2. The van der Waals surface area contributed by atoms with Crippen LogP contribution in [0.15, 0.2) is 66.8 Å². The first-order valence-corrected chi connectivity index (χ1v) is 9.36. The van der Waals surface area contributed by atoms with E-state index in [4.69, 9.17) is 9.47 Å². The number of rotatable bonds is 7. The summed E-state index contributed by atoms with van der Waals surface area (Å²) in [5.41, 5.74) is 1.24. The van der Waals surface area contributed by atoms with Gasteiger partial charge in [0, 0.05) is 17.7 Å². The van der Waals surface area contributed by atoms with E-state index in [1.54, 1.807) is 13.2 Å². The lowest BCUT2D eigenvalue weighted by Crippen LogP contribution is -2.13. The Morgan fingerprint density at radius 2 is 2.00 bits per heavy atom. The van der Waals surface area contributed by atoms with Gasteiger partial charge in [0.25, 0.3) is 0 Å². The Hall–Kier alpha value is -1.96. The average molecular weight is 356 g/mol. The molecule has 4 heteroatoms. The molecule has 0 spiro atoms. The van der Waals surface area contributed by atoms with Crippen LogP contribution in [0.2, 0.25) is 0 Å². The van der Waals surface area contributed by atoms with E-state index in [9.17, 15) is 4.39 Å². The second kappa shape index (κ2) is 8.94. The van der Waals surface area contributed by atoms with E-state index in [-0.39, 0.29) is 21.2 Å². The zero-order chi connectivity index (χ0) is 17.5. The normalized spacial score (nSPS) is 16.6. The van der Waals surface area contributed by atoms with Crippen molar-refractivity contribution < 1.29 is 13.9 Å². The zero-order valence-corrected chi connectivity index (χ0v) is 15.2. The summed E-state index contributed by atoms with van der Waals surface area (Å²) in [5.74, 6) is 1.09. The zero-order valence-electron chi connectivity index (χ0n) is 14.2. The topological polar surface area (TPSA) is 18.5 Å². The maximum Gasteiger partial charge on any atom is 0.188 e. The Morgan fingerprint density at radius 3 is 2.76 bits per heavy atom. The lowest BCUT2D eigenvalue weighted by molar-refractivity contribution is 0.0519. The van der Waals surface area contributed by atoms with E-state index in [0.29, 0.717) is 11.2 Å². The fourth-order valence-electron chi connectivity index (χ4n) is 2.84. The lowest BCUT2D eigenvalue weighted by atomic mass is 9.93. The molecular formula is C21H22FO2P. The molecule has 1 aliphatic carbocycles. The van der Waals surface area contributed by atoms with Gasteiger partial charge in [-0.1, -0.05) is 57.2 Å². The number of methoxy groups -OCH3 is 1. The first-order chi connectivity index (χ1) is 12.3. The first kappa shape index (κ1) is 17.8. The summed E-state index contributed by atoms with van der Waals surface area (Å²) in [6.45, 7) is 0.185. The van der Waals surface area contributed by atoms with Gasteiger partial charge in [0.15, 0.2) is 6.79 Å². The quantitative estimate of drug-likeness (QED) is 0.549. The molecule has 0 bridgehead atoms. The Kier molecular flexibility index (Phi) is 6.38. The van der Waals surface area contributed by atoms with Crippen molar-refractivity contribution in [2.45, 2.75) is 12.8 Å². The fourth-order valence-corrected chi connectivity index (χ4v) is 4.05. The molecule has 2 atom stereocenters. The summed E-state index contributed by atoms with van der Waals surface area (Å²) in [6.07, 6.45) is 10.7. The Morgan fingerprint density at radius 1 is 1.12 bits per heavy atom. The molecule has 0 fully saturated rings. The summed E-state index contributed by atoms with van der Waals surface area (Å²) >= 11 is 0. The highest BCUT2D eigenvalue weighted by atomic mass is 31.1. The molecule has 0 N–H and O–H groups in total. The van der Waals surface area contributed by atoms with Crippen LogP contribution >= 0.6 is 8.58 Å². The van der Waals surface area contributed by atoms with E-state index < -0.39 is 0 Å². The molecule has 2 nitrogen and oxygen atoms in total. The third-order valence-corrected chi connectivity index (χ3v) is 5.42. The van der Waals surface area contributed by atoms with Gasteiger partial charge in [0.05, 0.1) is 0 Å². The predicted octanol–water partition coefficient (Wildman–Crippen LogP) is 4.11. The van der Waals surface area contributed by atoms with Gasteiger partial charge in [0.2, 0.25) is 0 Å². The van der Waals surface area contributed by atoms with Crippen LogP contribution in [-0.2, 0) is 11.2 Å². The van der Waals surface area contributed by atoms with E-state index >= 15 is 0 Å². The van der Waals surface area contributed by atoms with Crippen LogP contribution in [0.25, 0.3) is 0 Å². The SMILES string of the molecule is COCOc1ccc(CC2C=CC=CC2)cc1Pc1ccccc1F. The van der Waals surface area contributed by atoms with Crippen molar-refractivity contribution >= 4 is 19.2 Å². The molecule has 25 heavy (non-hydrogen) atoms. The Bertz CT molecular complexity index is 770. The first-order valence-electron chi connectivity index (χ1n) is 8.36. The van der Waals surface area contributed by atoms with Crippen LogP contribution in [0, 0.1) is 11.7 Å². The van der Waals surface area contributed by atoms with Crippen molar-refractivity contribution in [1.29, 1.82) is 0 Å². The summed E-state index contributed by atoms with van der Waals surface area (Å²) in [7, 11) is 1.80.